The lowest BCUT2D eigenvalue weighted by atomic mass is 9.89. The predicted molar refractivity (Wildman–Crippen MR) is 116 cm³/mol. The maximum Gasteiger partial charge on any atom is 0.141 e. The average Bonchev–Trinajstić information content (AvgIpc) is 3.25. The van der Waals surface area contributed by atoms with E-state index in [4.69, 9.17) is 5.73 Å². The molecule has 2 aliphatic rings. The third kappa shape index (κ3) is 4.40. The highest BCUT2D eigenvalue weighted by Crippen LogP contribution is 2.29. The SMILES string of the molecule is NC(=Nc1ccc(CCCC2=C3CC=CC=C3CCN2)cc1)c1cccs1. The predicted octanol–water partition coefficient (Wildman–Crippen LogP) is 5.24. The summed E-state index contributed by atoms with van der Waals surface area (Å²) in [6.45, 7) is 1.07. The molecule has 1 aromatic carbocycles. The molecule has 0 saturated heterocycles. The first-order valence-corrected chi connectivity index (χ1v) is 10.5. The van der Waals surface area contributed by atoms with Crippen molar-refractivity contribution in [2.75, 3.05) is 6.54 Å². The van der Waals surface area contributed by atoms with Crippen LogP contribution in [0.15, 0.2) is 81.8 Å². The van der Waals surface area contributed by atoms with Crippen molar-refractivity contribution in [1.82, 2.24) is 5.32 Å². The number of allylic oxidation sites excluding steroid dienone is 5. The van der Waals surface area contributed by atoms with E-state index in [1.807, 2.05) is 17.5 Å². The topological polar surface area (TPSA) is 50.4 Å². The molecule has 0 fully saturated rings. The van der Waals surface area contributed by atoms with Crippen LogP contribution in [0.2, 0.25) is 0 Å². The van der Waals surface area contributed by atoms with E-state index in [0.29, 0.717) is 5.84 Å². The maximum atomic E-state index is 6.06. The van der Waals surface area contributed by atoms with Crippen LogP contribution in [0.3, 0.4) is 0 Å². The van der Waals surface area contributed by atoms with E-state index < -0.39 is 0 Å². The van der Waals surface area contributed by atoms with Crippen LogP contribution in [0.5, 0.6) is 0 Å². The third-order valence-electron chi connectivity index (χ3n) is 5.09. The highest BCUT2D eigenvalue weighted by Gasteiger charge is 2.16. The van der Waals surface area contributed by atoms with Gasteiger partial charge in [0.25, 0.3) is 0 Å². The van der Waals surface area contributed by atoms with Gasteiger partial charge in [-0.2, -0.15) is 0 Å². The number of amidine groups is 1. The van der Waals surface area contributed by atoms with Crippen LogP contribution in [-0.2, 0) is 6.42 Å². The highest BCUT2D eigenvalue weighted by molar-refractivity contribution is 7.12. The maximum absolute atomic E-state index is 6.06. The Bertz CT molecular complexity index is 900. The summed E-state index contributed by atoms with van der Waals surface area (Å²) in [5, 5.41) is 5.64. The minimum absolute atomic E-state index is 0.583. The molecule has 0 spiro atoms. The van der Waals surface area contributed by atoms with E-state index in [1.165, 1.54) is 22.4 Å². The molecule has 138 valence electrons. The molecule has 27 heavy (non-hydrogen) atoms. The summed E-state index contributed by atoms with van der Waals surface area (Å²) in [5.74, 6) is 0.583. The van der Waals surface area contributed by atoms with E-state index in [2.05, 4.69) is 52.8 Å². The zero-order valence-corrected chi connectivity index (χ0v) is 16.3. The van der Waals surface area contributed by atoms with Crippen molar-refractivity contribution in [3.63, 3.8) is 0 Å². The van der Waals surface area contributed by atoms with E-state index in [1.54, 1.807) is 11.3 Å². The lowest BCUT2D eigenvalue weighted by molar-refractivity contribution is 0.662. The van der Waals surface area contributed by atoms with Crippen LogP contribution in [0, 0.1) is 0 Å². The van der Waals surface area contributed by atoms with Crippen molar-refractivity contribution in [2.24, 2.45) is 10.7 Å². The van der Waals surface area contributed by atoms with Gasteiger partial charge in [-0.15, -0.1) is 11.3 Å². The molecule has 0 amide bonds. The second kappa shape index (κ2) is 8.40. The largest absolute Gasteiger partial charge is 0.388 e. The van der Waals surface area contributed by atoms with Gasteiger partial charge in [0.15, 0.2) is 0 Å². The smallest absolute Gasteiger partial charge is 0.141 e. The number of aliphatic imine (C=N–C) groups is 1. The summed E-state index contributed by atoms with van der Waals surface area (Å²) >= 11 is 1.61. The fourth-order valence-electron chi connectivity index (χ4n) is 3.67. The van der Waals surface area contributed by atoms with Crippen molar-refractivity contribution in [1.29, 1.82) is 0 Å². The average molecular weight is 376 g/mol. The van der Waals surface area contributed by atoms with E-state index in [-0.39, 0.29) is 0 Å². The number of thiophene rings is 1. The fourth-order valence-corrected chi connectivity index (χ4v) is 4.30. The van der Waals surface area contributed by atoms with Crippen LogP contribution >= 0.6 is 11.3 Å². The number of fused-ring (bicyclic) bond motifs is 1. The lowest BCUT2D eigenvalue weighted by Crippen LogP contribution is -2.24. The standard InChI is InChI=1S/C23H25N3S/c24-23(22-9-4-16-27-22)26-19-12-10-17(11-13-19)5-3-8-21-20-7-2-1-6-18(20)14-15-25-21/h1-2,4,6,9-13,16,25H,3,5,7-8,14-15H2,(H2,24,26). The Labute approximate surface area is 165 Å². The van der Waals surface area contributed by atoms with Crippen molar-refractivity contribution in [3.05, 3.63) is 87.3 Å². The second-order valence-corrected chi connectivity index (χ2v) is 7.90. The number of nitrogens with one attached hydrogen (secondary N) is 1. The zero-order chi connectivity index (χ0) is 18.5. The van der Waals surface area contributed by atoms with E-state index >= 15 is 0 Å². The number of benzene rings is 1. The number of aryl methyl sites for hydroxylation is 1. The molecule has 0 unspecified atom stereocenters. The molecule has 3 nitrogen and oxygen atoms in total. The molecule has 0 atom stereocenters. The van der Waals surface area contributed by atoms with Crippen molar-refractivity contribution in [2.45, 2.75) is 32.1 Å². The first-order chi connectivity index (χ1) is 13.3. The van der Waals surface area contributed by atoms with Gasteiger partial charge in [-0.3, -0.25) is 0 Å². The number of nitrogens with two attached hydrogens (primary N) is 1. The summed E-state index contributed by atoms with van der Waals surface area (Å²) in [7, 11) is 0. The van der Waals surface area contributed by atoms with Crippen molar-refractivity contribution >= 4 is 22.9 Å². The van der Waals surface area contributed by atoms with Gasteiger partial charge >= 0.3 is 0 Å². The van der Waals surface area contributed by atoms with Gasteiger partial charge in [0.2, 0.25) is 0 Å². The Hall–Kier alpha value is -2.59. The Balaban J connectivity index is 1.34. The minimum Gasteiger partial charge on any atom is -0.388 e. The quantitative estimate of drug-likeness (QED) is 0.536. The van der Waals surface area contributed by atoms with Gasteiger partial charge in [0.05, 0.1) is 10.6 Å². The summed E-state index contributed by atoms with van der Waals surface area (Å²) < 4.78 is 0. The summed E-state index contributed by atoms with van der Waals surface area (Å²) in [6, 6.07) is 12.4. The molecule has 2 aromatic rings. The molecule has 0 saturated carbocycles. The summed E-state index contributed by atoms with van der Waals surface area (Å²) in [6.07, 6.45) is 12.3. The van der Waals surface area contributed by atoms with Gasteiger partial charge in [-0.25, -0.2) is 4.99 Å². The van der Waals surface area contributed by atoms with Crippen molar-refractivity contribution in [3.8, 4) is 0 Å². The van der Waals surface area contributed by atoms with Gasteiger partial charge in [-0.05, 0) is 72.4 Å². The molecule has 3 N–H and O–H groups in total. The van der Waals surface area contributed by atoms with Crippen LogP contribution in [-0.4, -0.2) is 12.4 Å². The summed E-state index contributed by atoms with van der Waals surface area (Å²) in [5.41, 5.74) is 12.8. The molecule has 4 heteroatoms. The lowest BCUT2D eigenvalue weighted by Gasteiger charge is -2.26. The van der Waals surface area contributed by atoms with E-state index in [9.17, 15) is 0 Å². The Morgan fingerprint density at radius 3 is 2.85 bits per heavy atom. The summed E-state index contributed by atoms with van der Waals surface area (Å²) in [4.78, 5) is 5.53. The zero-order valence-electron chi connectivity index (χ0n) is 15.4. The molecule has 1 aromatic heterocycles. The number of nitrogens with zero attached hydrogens (tertiary/aromatic N) is 1. The second-order valence-electron chi connectivity index (χ2n) is 6.95. The Kier molecular flexibility index (Phi) is 5.54. The van der Waals surface area contributed by atoms with Crippen LogP contribution in [0.25, 0.3) is 0 Å². The Morgan fingerprint density at radius 2 is 2.04 bits per heavy atom. The normalized spacial score (nSPS) is 16.7. The Morgan fingerprint density at radius 1 is 1.15 bits per heavy atom. The molecular formula is C23H25N3S. The van der Waals surface area contributed by atoms with Crippen LogP contribution in [0.4, 0.5) is 5.69 Å². The molecular weight excluding hydrogens is 350 g/mol. The fraction of sp³-hybridized carbons (Fsp3) is 0.261. The number of hydrogen-bond acceptors (Lipinski definition) is 3. The van der Waals surface area contributed by atoms with Gasteiger partial charge in [-0.1, -0.05) is 36.4 Å². The molecule has 0 bridgehead atoms. The molecule has 2 heterocycles. The number of hydrogen-bond donors (Lipinski definition) is 2. The monoisotopic (exact) mass is 375 g/mol. The van der Waals surface area contributed by atoms with Crippen LogP contribution < -0.4 is 11.1 Å². The highest BCUT2D eigenvalue weighted by atomic mass is 32.1. The molecule has 4 rings (SSSR count). The van der Waals surface area contributed by atoms with Gasteiger partial charge in [0, 0.05) is 12.2 Å². The molecule has 1 aliphatic heterocycles. The van der Waals surface area contributed by atoms with Gasteiger partial charge in [0.1, 0.15) is 5.84 Å². The molecule has 0 radical (unpaired) electrons. The first-order valence-electron chi connectivity index (χ1n) is 9.58. The molecule has 1 aliphatic carbocycles. The minimum atomic E-state index is 0.583. The number of rotatable bonds is 6. The van der Waals surface area contributed by atoms with Gasteiger partial charge < -0.3 is 11.1 Å². The van der Waals surface area contributed by atoms with Crippen molar-refractivity contribution < 1.29 is 0 Å². The van der Waals surface area contributed by atoms with Crippen LogP contribution in [0.1, 0.15) is 36.1 Å². The third-order valence-corrected chi connectivity index (χ3v) is 5.98. The van der Waals surface area contributed by atoms with E-state index in [0.717, 1.165) is 49.2 Å². The first kappa shape index (κ1) is 17.8.